The summed E-state index contributed by atoms with van der Waals surface area (Å²) in [6.45, 7) is 3.45. The predicted octanol–water partition coefficient (Wildman–Crippen LogP) is 5.05. The number of ether oxygens (including phenoxy) is 1. The Balaban J connectivity index is 2.67. The Morgan fingerprint density at radius 2 is 2.06 bits per heavy atom. The summed E-state index contributed by atoms with van der Waals surface area (Å²) in [6.07, 6.45) is 11.8. The smallest absolute Gasteiger partial charge is 0.180 e. The SMILES string of the molecule is COC1=C/C=C(CCCC(C)(F)Cl)\C(C)=C/C=C1. The summed E-state index contributed by atoms with van der Waals surface area (Å²) in [5.41, 5.74) is 2.38. The molecule has 0 radical (unpaired) electrons. The molecule has 18 heavy (non-hydrogen) atoms. The highest BCUT2D eigenvalue weighted by atomic mass is 35.5. The van der Waals surface area contributed by atoms with E-state index in [1.807, 2.05) is 30.4 Å². The minimum atomic E-state index is -1.60. The van der Waals surface area contributed by atoms with Gasteiger partial charge in [-0.15, -0.1) is 0 Å². The van der Waals surface area contributed by atoms with Crippen molar-refractivity contribution in [1.29, 1.82) is 0 Å². The van der Waals surface area contributed by atoms with Gasteiger partial charge in [-0.1, -0.05) is 29.8 Å². The van der Waals surface area contributed by atoms with Crippen LogP contribution in [0.5, 0.6) is 0 Å². The maximum absolute atomic E-state index is 13.2. The van der Waals surface area contributed by atoms with Gasteiger partial charge in [0.1, 0.15) is 5.76 Å². The van der Waals surface area contributed by atoms with Gasteiger partial charge in [-0.05, 0) is 56.4 Å². The maximum atomic E-state index is 13.2. The molecule has 0 aromatic carbocycles. The van der Waals surface area contributed by atoms with Crippen molar-refractivity contribution >= 4 is 11.6 Å². The van der Waals surface area contributed by atoms with E-state index in [9.17, 15) is 4.39 Å². The molecule has 0 heterocycles. The second-order valence-electron chi connectivity index (χ2n) is 4.60. The molecule has 0 amide bonds. The molecule has 0 saturated heterocycles. The first kappa shape index (κ1) is 15.0. The Morgan fingerprint density at radius 3 is 2.67 bits per heavy atom. The van der Waals surface area contributed by atoms with Gasteiger partial charge in [-0.25, -0.2) is 4.39 Å². The largest absolute Gasteiger partial charge is 0.497 e. The molecule has 1 aliphatic rings. The highest BCUT2D eigenvalue weighted by molar-refractivity contribution is 6.22. The number of rotatable bonds is 5. The third kappa shape index (κ3) is 5.54. The summed E-state index contributed by atoms with van der Waals surface area (Å²) >= 11 is 5.55. The first-order valence-corrected chi connectivity index (χ1v) is 6.48. The van der Waals surface area contributed by atoms with Gasteiger partial charge >= 0.3 is 0 Å². The van der Waals surface area contributed by atoms with Crippen molar-refractivity contribution in [2.45, 2.75) is 38.2 Å². The van der Waals surface area contributed by atoms with E-state index in [4.69, 9.17) is 16.3 Å². The van der Waals surface area contributed by atoms with Gasteiger partial charge in [0, 0.05) is 0 Å². The fourth-order valence-corrected chi connectivity index (χ4v) is 1.90. The lowest BCUT2D eigenvalue weighted by Gasteiger charge is -2.13. The number of hydrogen-bond donors (Lipinski definition) is 0. The average Bonchev–Trinajstić information content (AvgIpc) is 2.26. The van der Waals surface area contributed by atoms with Crippen molar-refractivity contribution in [1.82, 2.24) is 0 Å². The lowest BCUT2D eigenvalue weighted by atomic mass is 9.98. The molecule has 0 spiro atoms. The van der Waals surface area contributed by atoms with Crippen LogP contribution >= 0.6 is 11.6 Å². The molecule has 1 nitrogen and oxygen atoms in total. The predicted molar refractivity (Wildman–Crippen MR) is 75.3 cm³/mol. The Labute approximate surface area is 114 Å². The van der Waals surface area contributed by atoms with E-state index in [1.165, 1.54) is 18.1 Å². The minimum Gasteiger partial charge on any atom is -0.497 e. The second-order valence-corrected chi connectivity index (χ2v) is 5.39. The number of alkyl halides is 2. The highest BCUT2D eigenvalue weighted by Crippen LogP contribution is 2.26. The summed E-state index contributed by atoms with van der Waals surface area (Å²) in [7, 11) is 1.64. The average molecular weight is 271 g/mol. The monoisotopic (exact) mass is 270 g/mol. The maximum Gasteiger partial charge on any atom is 0.180 e. The molecular formula is C15H20ClFO. The molecule has 0 fully saturated rings. The third-order valence-electron chi connectivity index (χ3n) is 2.86. The quantitative estimate of drug-likeness (QED) is 0.635. The lowest BCUT2D eigenvalue weighted by molar-refractivity contribution is 0.281. The van der Waals surface area contributed by atoms with Gasteiger partial charge in [0.15, 0.2) is 5.13 Å². The zero-order valence-electron chi connectivity index (χ0n) is 11.2. The van der Waals surface area contributed by atoms with Crippen LogP contribution in [0.15, 0.2) is 47.3 Å². The van der Waals surface area contributed by atoms with Crippen LogP contribution in [0.3, 0.4) is 0 Å². The molecule has 0 N–H and O–H groups in total. The molecule has 1 aliphatic carbocycles. The highest BCUT2D eigenvalue weighted by Gasteiger charge is 2.17. The van der Waals surface area contributed by atoms with E-state index < -0.39 is 5.13 Å². The summed E-state index contributed by atoms with van der Waals surface area (Å²) < 4.78 is 18.4. The molecule has 0 aromatic rings. The first-order valence-electron chi connectivity index (χ1n) is 6.10. The van der Waals surface area contributed by atoms with Crippen LogP contribution in [0.25, 0.3) is 0 Å². The molecule has 1 atom stereocenters. The Kier molecular flexibility index (Phi) is 5.67. The zero-order valence-corrected chi connectivity index (χ0v) is 11.9. The summed E-state index contributed by atoms with van der Waals surface area (Å²) in [5, 5.41) is -1.60. The van der Waals surface area contributed by atoms with Gasteiger partial charge in [0.2, 0.25) is 0 Å². The first-order chi connectivity index (χ1) is 8.42. The molecule has 3 heteroatoms. The van der Waals surface area contributed by atoms with Gasteiger partial charge < -0.3 is 4.74 Å². The van der Waals surface area contributed by atoms with Crippen molar-refractivity contribution in [2.24, 2.45) is 0 Å². The molecule has 0 aliphatic heterocycles. The van der Waals surface area contributed by atoms with Gasteiger partial charge in [0.05, 0.1) is 7.11 Å². The Bertz CT molecular complexity index is 397. The summed E-state index contributed by atoms with van der Waals surface area (Å²) in [4.78, 5) is 0. The molecule has 0 bridgehead atoms. The van der Waals surface area contributed by atoms with E-state index in [0.29, 0.717) is 6.42 Å². The Morgan fingerprint density at radius 1 is 1.33 bits per heavy atom. The van der Waals surface area contributed by atoms with Crippen LogP contribution < -0.4 is 0 Å². The van der Waals surface area contributed by atoms with Crippen LogP contribution in [0.4, 0.5) is 4.39 Å². The summed E-state index contributed by atoms with van der Waals surface area (Å²) in [5.74, 6) is 0.809. The van der Waals surface area contributed by atoms with Gasteiger partial charge in [0.25, 0.3) is 0 Å². The molecular weight excluding hydrogens is 251 g/mol. The fraction of sp³-hybridized carbons (Fsp3) is 0.467. The van der Waals surface area contributed by atoms with Crippen molar-refractivity contribution in [2.75, 3.05) is 7.11 Å². The van der Waals surface area contributed by atoms with Crippen LogP contribution in [0, 0.1) is 0 Å². The van der Waals surface area contributed by atoms with Crippen LogP contribution in [-0.2, 0) is 4.74 Å². The van der Waals surface area contributed by atoms with Gasteiger partial charge in [-0.2, -0.15) is 0 Å². The molecule has 0 saturated carbocycles. The lowest BCUT2D eigenvalue weighted by Crippen LogP contribution is -2.07. The van der Waals surface area contributed by atoms with Crippen molar-refractivity contribution in [3.05, 3.63) is 47.3 Å². The van der Waals surface area contributed by atoms with Crippen molar-refractivity contribution in [3.8, 4) is 0 Å². The molecule has 0 aromatic heterocycles. The number of hydrogen-bond acceptors (Lipinski definition) is 1. The van der Waals surface area contributed by atoms with E-state index in [0.717, 1.165) is 18.6 Å². The van der Waals surface area contributed by atoms with Crippen LogP contribution in [0.2, 0.25) is 0 Å². The number of methoxy groups -OCH3 is 1. The van der Waals surface area contributed by atoms with E-state index in [2.05, 4.69) is 6.92 Å². The van der Waals surface area contributed by atoms with Crippen LogP contribution in [0.1, 0.15) is 33.1 Å². The van der Waals surface area contributed by atoms with Crippen LogP contribution in [-0.4, -0.2) is 12.2 Å². The molecule has 1 rings (SSSR count). The van der Waals surface area contributed by atoms with E-state index in [-0.39, 0.29) is 0 Å². The normalized spacial score (nSPS) is 24.8. The summed E-state index contributed by atoms with van der Waals surface area (Å²) in [6, 6.07) is 0. The van der Waals surface area contributed by atoms with E-state index in [1.54, 1.807) is 7.11 Å². The number of allylic oxidation sites excluding steroid dienone is 7. The van der Waals surface area contributed by atoms with E-state index >= 15 is 0 Å². The zero-order chi connectivity index (χ0) is 13.6. The standard InChI is InChI=1S/C15H20ClFO/c1-12-6-4-8-14(18-3)10-9-13(12)7-5-11-15(2,16)17/h4,6,8-10H,5,7,11H2,1-3H3/b6-4?,8-4?,10-9?,12-6-,13-9-,13-12?,14-8?,14-10?. The van der Waals surface area contributed by atoms with Crippen molar-refractivity contribution in [3.63, 3.8) is 0 Å². The second kappa shape index (κ2) is 6.79. The molecule has 100 valence electrons. The fourth-order valence-electron chi connectivity index (χ4n) is 1.77. The van der Waals surface area contributed by atoms with Crippen molar-refractivity contribution < 1.29 is 9.13 Å². The third-order valence-corrected chi connectivity index (χ3v) is 3.05. The molecule has 1 unspecified atom stereocenters. The topological polar surface area (TPSA) is 9.23 Å². The Hall–Kier alpha value is -1.02. The van der Waals surface area contributed by atoms with Gasteiger partial charge in [-0.3, -0.25) is 0 Å². The number of halogens is 2. The minimum absolute atomic E-state index is 0.357.